The highest BCUT2D eigenvalue weighted by molar-refractivity contribution is 7.89. The summed E-state index contributed by atoms with van der Waals surface area (Å²) in [6, 6.07) is 20.2. The molecule has 4 rings (SSSR count). The zero-order valence-electron chi connectivity index (χ0n) is 50.7. The fourth-order valence-electron chi connectivity index (χ4n) is 7.58. The Kier molecular flexibility index (Phi) is 29.0. The first-order valence-corrected chi connectivity index (χ1v) is 29.0. The van der Waals surface area contributed by atoms with E-state index in [1.54, 1.807) is 156 Å². The van der Waals surface area contributed by atoms with Gasteiger partial charge in [0.25, 0.3) is 12.4 Å². The Morgan fingerprint density at radius 3 is 1.25 bits per heavy atom. The topological polar surface area (TPSA) is 286 Å². The molecule has 0 radical (unpaired) electrons. The van der Waals surface area contributed by atoms with Crippen LogP contribution in [0.5, 0.6) is 17.2 Å². The molecule has 0 heterocycles. The van der Waals surface area contributed by atoms with Crippen LogP contribution < -0.4 is 25.3 Å². The average Bonchev–Trinajstić information content (AvgIpc) is 3.46. The number of sulfonamides is 2. The summed E-state index contributed by atoms with van der Waals surface area (Å²) in [5, 5.41) is 2.52. The lowest BCUT2D eigenvalue weighted by molar-refractivity contribution is -0.154. The summed E-state index contributed by atoms with van der Waals surface area (Å²) in [6.07, 6.45) is 0. The van der Waals surface area contributed by atoms with E-state index in [-0.39, 0.29) is 86.7 Å². The summed E-state index contributed by atoms with van der Waals surface area (Å²) in [4.78, 5) is 73.2. The van der Waals surface area contributed by atoms with Gasteiger partial charge in [0.2, 0.25) is 31.9 Å². The maximum Gasteiger partial charge on any atom is 0.325 e. The number of nitrogens with one attached hydrogen (secondary N) is 1. The van der Waals surface area contributed by atoms with Crippen LogP contribution in [0.15, 0.2) is 82.6 Å². The second kappa shape index (κ2) is 33.3. The van der Waals surface area contributed by atoms with E-state index >= 15 is 0 Å². The molecule has 3 N–H and O–H groups in total. The van der Waals surface area contributed by atoms with E-state index in [9.17, 15) is 45.6 Å². The molecule has 0 fully saturated rings. The predicted octanol–water partition coefficient (Wildman–Crippen LogP) is 5.11. The van der Waals surface area contributed by atoms with Gasteiger partial charge in [-0.2, -0.15) is 8.61 Å². The van der Waals surface area contributed by atoms with Crippen LogP contribution in [-0.4, -0.2) is 178 Å². The number of benzene rings is 4. The molecule has 25 heteroatoms. The fraction of sp³-hybridized carbons (Fsp3) is 0.483. The summed E-state index contributed by atoms with van der Waals surface area (Å²) in [6.45, 7) is 18.2. The number of hydrogen-bond acceptors (Lipinski definition) is 18. The summed E-state index contributed by atoms with van der Waals surface area (Å²) in [5.41, 5.74) is 8.35. The van der Waals surface area contributed by atoms with Gasteiger partial charge in [0.05, 0.1) is 43.8 Å². The summed E-state index contributed by atoms with van der Waals surface area (Å²) < 4.78 is 90.7. The third kappa shape index (κ3) is 24.8. The van der Waals surface area contributed by atoms with Gasteiger partial charge in [-0.05, 0) is 151 Å². The maximum absolute atomic E-state index is 13.1. The van der Waals surface area contributed by atoms with Crippen molar-refractivity contribution < 1.29 is 78.8 Å². The molecule has 0 aliphatic carbocycles. The van der Waals surface area contributed by atoms with Gasteiger partial charge in [0.1, 0.15) is 48.2 Å². The minimum Gasteiger partial charge on any atom is -0.497 e. The lowest BCUT2D eigenvalue weighted by atomic mass is 10.1. The molecule has 0 unspecified atom stereocenters. The zero-order chi connectivity index (χ0) is 63.0. The molecule has 0 saturated heterocycles. The molecule has 0 bridgehead atoms. The second-order valence-electron chi connectivity index (χ2n) is 21.1. The molecule has 0 aliphatic rings. The largest absolute Gasteiger partial charge is 0.497 e. The van der Waals surface area contributed by atoms with Gasteiger partial charge in [-0.1, -0.05) is 24.3 Å². The molecule has 4 aromatic rings. The molecule has 83 heavy (non-hydrogen) atoms. The van der Waals surface area contributed by atoms with Gasteiger partial charge in [-0.3, -0.25) is 28.8 Å². The zero-order valence-corrected chi connectivity index (χ0v) is 52.3. The first kappa shape index (κ1) is 72.1. The third-order valence-electron chi connectivity index (χ3n) is 11.6. The van der Waals surface area contributed by atoms with Crippen LogP contribution in [0.1, 0.15) is 85.3 Å². The average molecular weight is 1200 g/mol. The molecule has 0 aliphatic heterocycles. The Morgan fingerprint density at radius 1 is 0.566 bits per heavy atom. The van der Waals surface area contributed by atoms with Crippen LogP contribution in [0.4, 0.5) is 0 Å². The molecule has 460 valence electrons. The lowest BCUT2D eigenvalue weighted by Crippen LogP contribution is -2.34. The quantitative estimate of drug-likeness (QED) is 0.0469. The Bertz CT molecular complexity index is 2990. The van der Waals surface area contributed by atoms with Crippen molar-refractivity contribution in [3.63, 3.8) is 0 Å². The molecule has 0 spiro atoms. The number of likely N-dealkylation sites (N-methyl/N-ethyl adjacent to an activating group) is 4. The van der Waals surface area contributed by atoms with E-state index in [0.717, 1.165) is 11.1 Å². The molecule has 4 aromatic carbocycles. The van der Waals surface area contributed by atoms with Gasteiger partial charge in [0, 0.05) is 59.9 Å². The van der Waals surface area contributed by atoms with E-state index in [1.165, 1.54) is 46.7 Å². The molecular formula is C58H84N6O17S2. The smallest absolute Gasteiger partial charge is 0.325 e. The number of rotatable bonds is 26. The van der Waals surface area contributed by atoms with E-state index in [1.807, 2.05) is 0 Å². The molecule has 0 aromatic heterocycles. The fourth-order valence-corrected chi connectivity index (χ4v) is 10.7. The van der Waals surface area contributed by atoms with Crippen LogP contribution in [0.2, 0.25) is 0 Å². The van der Waals surface area contributed by atoms with E-state index in [0.29, 0.717) is 58.1 Å². The van der Waals surface area contributed by atoms with Crippen LogP contribution in [0.25, 0.3) is 0 Å². The number of carbonyl (C=O) groups is 6. The highest BCUT2D eigenvalue weighted by Crippen LogP contribution is 2.29. The summed E-state index contributed by atoms with van der Waals surface area (Å²) >= 11 is 0. The number of esters is 2. The van der Waals surface area contributed by atoms with E-state index < -0.39 is 43.1 Å². The number of nitrogens with zero attached hydrogens (tertiary/aromatic N) is 4. The number of nitrogens with two attached hydrogens (primary N) is 1. The summed E-state index contributed by atoms with van der Waals surface area (Å²) in [7, 11) is 1.80. The summed E-state index contributed by atoms with van der Waals surface area (Å²) in [5.74, 6) is -0.211. The third-order valence-corrected chi connectivity index (χ3v) is 16.0. The van der Waals surface area contributed by atoms with Crippen molar-refractivity contribution in [2.24, 2.45) is 5.73 Å². The molecule has 23 nitrogen and oxygen atoms in total. The first-order chi connectivity index (χ1) is 38.6. The normalized spacial score (nSPS) is 11.5. The number of methoxy groups -OCH3 is 2. The van der Waals surface area contributed by atoms with Crippen molar-refractivity contribution in [3.05, 3.63) is 112 Å². The monoisotopic (exact) mass is 1200 g/mol. The minimum atomic E-state index is -3.76. The van der Waals surface area contributed by atoms with Crippen LogP contribution in [-0.2, 0) is 76.1 Å². The molecule has 3 amide bonds. The molecule has 0 saturated carbocycles. The Morgan fingerprint density at radius 2 is 0.928 bits per heavy atom. The van der Waals surface area contributed by atoms with Gasteiger partial charge in [-0.15, -0.1) is 0 Å². The van der Waals surface area contributed by atoms with Crippen molar-refractivity contribution >= 4 is 56.2 Å². The van der Waals surface area contributed by atoms with Gasteiger partial charge >= 0.3 is 11.9 Å². The van der Waals surface area contributed by atoms with Crippen molar-refractivity contribution in [1.29, 1.82) is 0 Å². The van der Waals surface area contributed by atoms with Crippen molar-refractivity contribution in [3.8, 4) is 17.2 Å². The van der Waals surface area contributed by atoms with Gasteiger partial charge < -0.3 is 54.0 Å². The minimum absolute atomic E-state index is 0.0384. The van der Waals surface area contributed by atoms with Crippen molar-refractivity contribution in [2.75, 3.05) is 95.0 Å². The Hall–Kier alpha value is -7.00. The Labute approximate surface area is 489 Å². The van der Waals surface area contributed by atoms with Gasteiger partial charge in [0.15, 0.2) is 0 Å². The SMILES string of the molecule is CC(C)(C)OC(=O)CN.COc1cc(C)c(S(=O)(=O)N(C)CCOCC(=O)N(C)Cc2ccc(C(=O)NCC(=O)OC(C)(C)C)cc2)c(C)c1.COc1cc(C)c(S(=O)(=O)N(C)CCOCC(=O)N(C)Cc2ccc(OC=O)cc2)c(C)c1. The lowest BCUT2D eigenvalue weighted by Gasteiger charge is -2.21. The Balaban J connectivity index is 0.000000501. The first-order valence-electron chi connectivity index (χ1n) is 26.2. The van der Waals surface area contributed by atoms with Crippen molar-refractivity contribution in [1.82, 2.24) is 23.7 Å². The van der Waals surface area contributed by atoms with E-state index in [4.69, 9.17) is 38.9 Å². The standard InChI is InChI=1S/C29H41N3O8S.C23H30N2O7S.C6H13NO2/c1-20-15-24(38-8)16-21(2)27(20)41(36,37)32(7)13-14-39-19-25(33)31(6)18-22-9-11-23(12-10-22)28(35)30-17-26(34)40-29(3,4)5;1-17-12-21(30-5)13-18(2)23(17)33(28,29)25(4)10-11-31-15-22(27)24(3)14-19-6-8-20(9-7-19)32-16-26;1-6(2,3)9-5(8)4-7/h9-12,15-16H,13-14,17-19H2,1-8H3,(H,30,35);6-9,12-13,16H,10-11,14-15H2,1-5H3;4,7H2,1-3H3. The number of hydrogen-bond donors (Lipinski definition) is 2. The molecular weight excluding hydrogens is 1120 g/mol. The number of carbonyl (C=O) groups excluding carboxylic acids is 6. The highest BCUT2D eigenvalue weighted by atomic mass is 32.2. The highest BCUT2D eigenvalue weighted by Gasteiger charge is 2.27. The van der Waals surface area contributed by atoms with E-state index in [2.05, 4.69) is 5.32 Å². The van der Waals surface area contributed by atoms with Crippen LogP contribution >= 0.6 is 0 Å². The number of ether oxygens (including phenoxy) is 7. The predicted molar refractivity (Wildman–Crippen MR) is 312 cm³/mol. The number of amides is 3. The molecule has 0 atom stereocenters. The van der Waals surface area contributed by atoms with Gasteiger partial charge in [-0.25, -0.2) is 16.8 Å². The second-order valence-corrected chi connectivity index (χ2v) is 25.0. The number of aryl methyl sites for hydroxylation is 4. The maximum atomic E-state index is 13.1. The van der Waals surface area contributed by atoms with Crippen LogP contribution in [0.3, 0.4) is 0 Å². The van der Waals surface area contributed by atoms with Crippen LogP contribution in [0, 0.1) is 27.7 Å². The van der Waals surface area contributed by atoms with Crippen molar-refractivity contribution in [2.45, 2.75) is 103 Å².